The summed E-state index contributed by atoms with van der Waals surface area (Å²) in [7, 11) is -3.89. The molecule has 2 N–H and O–H groups in total. The van der Waals surface area contributed by atoms with E-state index in [1.165, 1.54) is 6.07 Å². The van der Waals surface area contributed by atoms with Crippen molar-refractivity contribution < 1.29 is 17.2 Å². The van der Waals surface area contributed by atoms with Crippen LogP contribution in [0.5, 0.6) is 0 Å². The number of hydrogen-bond acceptors (Lipinski definition) is 3. The first kappa shape index (κ1) is 13.2. The number of hydrogen-bond donors (Lipinski definition) is 1. The molecular formula is C11H14F2N2O2S. The maximum Gasteiger partial charge on any atom is 0.262 e. The molecule has 1 heterocycles. The lowest BCUT2D eigenvalue weighted by atomic mass is 10.2. The molecule has 0 atom stereocenters. The zero-order valence-electron chi connectivity index (χ0n) is 9.86. The molecule has 0 amide bonds. The van der Waals surface area contributed by atoms with Crippen molar-refractivity contribution in [3.63, 3.8) is 0 Å². The van der Waals surface area contributed by atoms with Gasteiger partial charge < -0.3 is 5.73 Å². The number of alkyl halides is 2. The second kappa shape index (κ2) is 4.17. The van der Waals surface area contributed by atoms with E-state index in [2.05, 4.69) is 0 Å². The first-order chi connectivity index (χ1) is 8.22. The molecule has 1 saturated heterocycles. The third-order valence-corrected chi connectivity index (χ3v) is 4.95. The van der Waals surface area contributed by atoms with Gasteiger partial charge in [-0.3, -0.25) is 0 Å². The van der Waals surface area contributed by atoms with Crippen LogP contribution >= 0.6 is 0 Å². The molecule has 2 rings (SSSR count). The first-order valence-corrected chi connectivity index (χ1v) is 6.90. The fourth-order valence-electron chi connectivity index (χ4n) is 1.94. The lowest BCUT2D eigenvalue weighted by molar-refractivity contribution is 0.0183. The average molecular weight is 276 g/mol. The normalized spacial score (nSPS) is 20.2. The van der Waals surface area contributed by atoms with Crippen LogP contribution in [0.2, 0.25) is 0 Å². The Balaban J connectivity index is 2.40. The van der Waals surface area contributed by atoms with Gasteiger partial charge in [0.1, 0.15) is 0 Å². The average Bonchev–Trinajstić information content (AvgIpc) is 2.63. The first-order valence-electron chi connectivity index (χ1n) is 5.46. The fourth-order valence-corrected chi connectivity index (χ4v) is 3.67. The molecule has 4 nitrogen and oxygen atoms in total. The fraction of sp³-hybridized carbons (Fsp3) is 0.455. The maximum absolute atomic E-state index is 13.1. The molecule has 0 radical (unpaired) electrons. The summed E-state index contributed by atoms with van der Waals surface area (Å²) >= 11 is 0. The van der Waals surface area contributed by atoms with Gasteiger partial charge in [-0.25, -0.2) is 17.2 Å². The van der Waals surface area contributed by atoms with Gasteiger partial charge in [0.2, 0.25) is 10.0 Å². The van der Waals surface area contributed by atoms with Crippen LogP contribution < -0.4 is 5.73 Å². The Morgan fingerprint density at radius 3 is 2.61 bits per heavy atom. The summed E-state index contributed by atoms with van der Waals surface area (Å²) in [6.45, 7) is 0.688. The van der Waals surface area contributed by atoms with E-state index in [-0.39, 0.29) is 11.4 Å². The smallest absolute Gasteiger partial charge is 0.262 e. The number of nitrogens with two attached hydrogens (primary N) is 1. The number of sulfonamides is 1. The van der Waals surface area contributed by atoms with Crippen LogP contribution in [0.4, 0.5) is 14.5 Å². The second-order valence-electron chi connectivity index (χ2n) is 4.47. The van der Waals surface area contributed by atoms with Gasteiger partial charge in [0.25, 0.3) is 5.92 Å². The molecule has 0 unspecified atom stereocenters. The summed E-state index contributed by atoms with van der Waals surface area (Å²) < 4.78 is 51.5. The predicted molar refractivity (Wildman–Crippen MR) is 63.9 cm³/mol. The molecular weight excluding hydrogens is 262 g/mol. The largest absolute Gasteiger partial charge is 0.399 e. The van der Waals surface area contributed by atoms with Crippen LogP contribution in [0.1, 0.15) is 12.0 Å². The van der Waals surface area contributed by atoms with E-state index in [4.69, 9.17) is 5.73 Å². The van der Waals surface area contributed by atoms with Crippen molar-refractivity contribution in [2.45, 2.75) is 24.2 Å². The molecule has 0 aromatic heterocycles. The van der Waals surface area contributed by atoms with Crippen molar-refractivity contribution in [2.24, 2.45) is 0 Å². The van der Waals surface area contributed by atoms with Crippen LogP contribution in [0, 0.1) is 6.92 Å². The molecule has 0 spiro atoms. The van der Waals surface area contributed by atoms with E-state index < -0.39 is 28.9 Å². The molecule has 100 valence electrons. The third-order valence-electron chi connectivity index (χ3n) is 2.96. The third kappa shape index (κ3) is 2.32. The van der Waals surface area contributed by atoms with Gasteiger partial charge in [0, 0.05) is 18.7 Å². The Kier molecular flexibility index (Phi) is 3.06. The minimum absolute atomic E-state index is 0.000185. The SMILES string of the molecule is Cc1ccc(N)cc1S(=O)(=O)N1CCC(F)(F)C1. The Morgan fingerprint density at radius 2 is 2.06 bits per heavy atom. The van der Waals surface area contributed by atoms with E-state index >= 15 is 0 Å². The lowest BCUT2D eigenvalue weighted by Crippen LogP contribution is -2.31. The van der Waals surface area contributed by atoms with E-state index in [1.54, 1.807) is 19.1 Å². The van der Waals surface area contributed by atoms with E-state index in [0.29, 0.717) is 11.3 Å². The second-order valence-corrected chi connectivity index (χ2v) is 6.38. The number of rotatable bonds is 2. The molecule has 0 aliphatic carbocycles. The van der Waals surface area contributed by atoms with Crippen molar-refractivity contribution in [2.75, 3.05) is 18.8 Å². The Hall–Kier alpha value is -1.21. The maximum atomic E-state index is 13.1. The Labute approximate surface area is 104 Å². The van der Waals surface area contributed by atoms with Crippen LogP contribution in [0.15, 0.2) is 23.1 Å². The molecule has 1 aliphatic heterocycles. The number of anilines is 1. The summed E-state index contributed by atoms with van der Waals surface area (Å²) in [4.78, 5) is 0.000185. The predicted octanol–water partition coefficient (Wildman–Crippen LogP) is 1.61. The highest BCUT2D eigenvalue weighted by atomic mass is 32.2. The molecule has 0 saturated carbocycles. The molecule has 7 heteroatoms. The highest BCUT2D eigenvalue weighted by Gasteiger charge is 2.43. The summed E-state index contributed by atoms with van der Waals surface area (Å²) in [6.07, 6.45) is -0.437. The summed E-state index contributed by atoms with van der Waals surface area (Å²) in [5.74, 6) is -2.94. The van der Waals surface area contributed by atoms with Crippen molar-refractivity contribution in [1.82, 2.24) is 4.31 Å². The number of aryl methyl sites for hydroxylation is 1. The quantitative estimate of drug-likeness (QED) is 0.835. The zero-order chi connectivity index (χ0) is 13.6. The minimum Gasteiger partial charge on any atom is -0.399 e. The number of benzene rings is 1. The minimum atomic E-state index is -3.89. The summed E-state index contributed by atoms with van der Waals surface area (Å²) in [5, 5.41) is 0. The topological polar surface area (TPSA) is 63.4 Å². The van der Waals surface area contributed by atoms with Gasteiger partial charge in [0.15, 0.2) is 0 Å². The van der Waals surface area contributed by atoms with E-state index in [1.807, 2.05) is 0 Å². The molecule has 1 aromatic carbocycles. The Bertz CT molecular complexity index is 572. The highest BCUT2D eigenvalue weighted by Crippen LogP contribution is 2.32. The number of nitrogen functional groups attached to an aromatic ring is 1. The zero-order valence-corrected chi connectivity index (χ0v) is 10.7. The highest BCUT2D eigenvalue weighted by molar-refractivity contribution is 7.89. The monoisotopic (exact) mass is 276 g/mol. The molecule has 0 bridgehead atoms. The molecule has 1 aromatic rings. The van der Waals surface area contributed by atoms with Crippen LogP contribution in [0.3, 0.4) is 0 Å². The number of nitrogens with zero attached hydrogens (tertiary/aromatic N) is 1. The van der Waals surface area contributed by atoms with Gasteiger partial charge in [-0.2, -0.15) is 4.31 Å². The molecule has 1 aliphatic rings. The van der Waals surface area contributed by atoms with E-state index in [9.17, 15) is 17.2 Å². The van der Waals surface area contributed by atoms with Crippen molar-refractivity contribution in [1.29, 1.82) is 0 Å². The van der Waals surface area contributed by atoms with Gasteiger partial charge in [-0.05, 0) is 24.6 Å². The van der Waals surface area contributed by atoms with Crippen molar-refractivity contribution in [3.8, 4) is 0 Å². The van der Waals surface area contributed by atoms with E-state index in [0.717, 1.165) is 4.31 Å². The van der Waals surface area contributed by atoms with Gasteiger partial charge in [-0.1, -0.05) is 6.07 Å². The number of halogens is 2. The molecule has 18 heavy (non-hydrogen) atoms. The summed E-state index contributed by atoms with van der Waals surface area (Å²) in [5.41, 5.74) is 6.34. The summed E-state index contributed by atoms with van der Waals surface area (Å²) in [6, 6.07) is 4.45. The van der Waals surface area contributed by atoms with Crippen LogP contribution in [-0.2, 0) is 10.0 Å². The Morgan fingerprint density at radius 1 is 1.39 bits per heavy atom. The van der Waals surface area contributed by atoms with Crippen LogP contribution in [0.25, 0.3) is 0 Å². The molecule has 1 fully saturated rings. The van der Waals surface area contributed by atoms with Gasteiger partial charge >= 0.3 is 0 Å². The van der Waals surface area contributed by atoms with Crippen molar-refractivity contribution in [3.05, 3.63) is 23.8 Å². The van der Waals surface area contributed by atoms with Gasteiger partial charge in [0.05, 0.1) is 11.4 Å². The standard InChI is InChI=1S/C11H14F2N2O2S/c1-8-2-3-9(14)6-10(8)18(16,17)15-5-4-11(12,13)7-15/h2-3,6H,4-5,7,14H2,1H3. The lowest BCUT2D eigenvalue weighted by Gasteiger charge is -2.17. The van der Waals surface area contributed by atoms with Crippen molar-refractivity contribution >= 4 is 15.7 Å². The van der Waals surface area contributed by atoms with Gasteiger partial charge in [-0.15, -0.1) is 0 Å². The van der Waals surface area contributed by atoms with Crippen LogP contribution in [-0.4, -0.2) is 31.7 Å².